The quantitative estimate of drug-likeness (QED) is 0.772. The Kier molecular flexibility index (Phi) is 6.77. The van der Waals surface area contributed by atoms with E-state index >= 15 is 0 Å². The molecule has 1 aliphatic rings. The first-order chi connectivity index (χ1) is 12.3. The maximum absolute atomic E-state index is 13.0. The summed E-state index contributed by atoms with van der Waals surface area (Å²) < 4.78 is 25.3. The predicted molar refractivity (Wildman–Crippen MR) is 97.8 cm³/mol. The van der Waals surface area contributed by atoms with Crippen LogP contribution in [0.4, 0.5) is 0 Å². The minimum atomic E-state index is -3.25. The molecule has 1 aliphatic heterocycles. The lowest BCUT2D eigenvalue weighted by atomic mass is 9.95. The van der Waals surface area contributed by atoms with E-state index in [-0.39, 0.29) is 24.1 Å². The van der Waals surface area contributed by atoms with Gasteiger partial charge in [-0.1, -0.05) is 30.3 Å². The number of benzene rings is 1. The Balaban J connectivity index is 2.11. The fourth-order valence-electron chi connectivity index (χ4n) is 3.12. The van der Waals surface area contributed by atoms with E-state index in [1.165, 1.54) is 16.1 Å². The van der Waals surface area contributed by atoms with E-state index < -0.39 is 22.0 Å². The minimum Gasteiger partial charge on any atom is -0.480 e. The SMILES string of the molecule is CCS(=O)(=O)N1CCC(C(=O)N(Cc2ccccc2)C(C)C(=O)O)CC1. The molecule has 8 heteroatoms. The van der Waals surface area contributed by atoms with Crippen molar-refractivity contribution in [1.29, 1.82) is 0 Å². The van der Waals surface area contributed by atoms with Gasteiger partial charge in [-0.3, -0.25) is 4.79 Å². The van der Waals surface area contributed by atoms with Crippen molar-refractivity contribution >= 4 is 21.9 Å². The second kappa shape index (κ2) is 8.64. The fourth-order valence-corrected chi connectivity index (χ4v) is 4.25. The third-order valence-corrected chi connectivity index (χ3v) is 6.75. The highest BCUT2D eigenvalue weighted by atomic mass is 32.2. The zero-order chi connectivity index (χ0) is 19.3. The van der Waals surface area contributed by atoms with E-state index in [2.05, 4.69) is 0 Å². The van der Waals surface area contributed by atoms with Crippen LogP contribution in [-0.2, 0) is 26.2 Å². The molecule has 1 atom stereocenters. The Labute approximate surface area is 154 Å². The van der Waals surface area contributed by atoms with Crippen LogP contribution in [0.5, 0.6) is 0 Å². The molecule has 0 aliphatic carbocycles. The fraction of sp³-hybridized carbons (Fsp3) is 0.556. The van der Waals surface area contributed by atoms with Gasteiger partial charge in [-0.2, -0.15) is 0 Å². The number of carboxylic acids is 1. The molecule has 1 unspecified atom stereocenters. The number of hydrogen-bond acceptors (Lipinski definition) is 4. The molecule has 26 heavy (non-hydrogen) atoms. The Morgan fingerprint density at radius 2 is 1.81 bits per heavy atom. The molecule has 1 saturated heterocycles. The number of hydrogen-bond donors (Lipinski definition) is 1. The van der Waals surface area contributed by atoms with Gasteiger partial charge >= 0.3 is 5.97 Å². The number of aliphatic carboxylic acids is 1. The number of piperidine rings is 1. The maximum atomic E-state index is 13.0. The Hall–Kier alpha value is -1.93. The van der Waals surface area contributed by atoms with Crippen LogP contribution in [0.3, 0.4) is 0 Å². The van der Waals surface area contributed by atoms with E-state index in [1.807, 2.05) is 30.3 Å². The van der Waals surface area contributed by atoms with E-state index in [4.69, 9.17) is 0 Å². The lowest BCUT2D eigenvalue weighted by molar-refractivity contribution is -0.152. The molecule has 7 nitrogen and oxygen atoms in total. The molecule has 1 aromatic rings. The number of carboxylic acid groups (broad SMARTS) is 1. The van der Waals surface area contributed by atoms with Crippen LogP contribution in [-0.4, -0.2) is 59.5 Å². The van der Waals surface area contributed by atoms with Crippen molar-refractivity contribution in [2.75, 3.05) is 18.8 Å². The van der Waals surface area contributed by atoms with Crippen molar-refractivity contribution < 1.29 is 23.1 Å². The first-order valence-electron chi connectivity index (χ1n) is 8.81. The first-order valence-corrected chi connectivity index (χ1v) is 10.4. The first kappa shape index (κ1) is 20.4. The molecule has 0 bridgehead atoms. The minimum absolute atomic E-state index is 0.0434. The highest BCUT2D eigenvalue weighted by molar-refractivity contribution is 7.89. The average Bonchev–Trinajstić information content (AvgIpc) is 2.66. The van der Waals surface area contributed by atoms with Crippen molar-refractivity contribution in [3.05, 3.63) is 35.9 Å². The standard InChI is InChI=1S/C18H26N2O5S/c1-3-26(24,25)19-11-9-16(10-12-19)17(21)20(14(2)18(22)23)13-15-7-5-4-6-8-15/h4-8,14,16H,3,9-13H2,1-2H3,(H,22,23). The lowest BCUT2D eigenvalue weighted by Crippen LogP contribution is -2.48. The Morgan fingerprint density at radius 1 is 1.23 bits per heavy atom. The molecule has 1 fully saturated rings. The molecule has 0 spiro atoms. The van der Waals surface area contributed by atoms with Gasteiger partial charge in [0.2, 0.25) is 15.9 Å². The third-order valence-electron chi connectivity index (χ3n) is 4.87. The molecule has 1 amide bonds. The number of amides is 1. The largest absolute Gasteiger partial charge is 0.480 e. The molecule has 2 rings (SSSR count). The molecule has 1 aromatic carbocycles. The van der Waals surface area contributed by atoms with Crippen molar-refractivity contribution in [3.8, 4) is 0 Å². The number of nitrogens with zero attached hydrogens (tertiary/aromatic N) is 2. The molecule has 144 valence electrons. The third kappa shape index (κ3) is 4.82. The summed E-state index contributed by atoms with van der Waals surface area (Å²) in [5, 5.41) is 9.38. The van der Waals surface area contributed by atoms with E-state index in [0.29, 0.717) is 25.9 Å². The van der Waals surface area contributed by atoms with Crippen LogP contribution in [0, 0.1) is 5.92 Å². The van der Waals surface area contributed by atoms with Crippen LogP contribution >= 0.6 is 0 Å². The smallest absolute Gasteiger partial charge is 0.326 e. The zero-order valence-corrected chi connectivity index (χ0v) is 16.0. The highest BCUT2D eigenvalue weighted by Crippen LogP contribution is 2.24. The summed E-state index contributed by atoms with van der Waals surface area (Å²) in [5.74, 6) is -1.59. The predicted octanol–water partition coefficient (Wildman–Crippen LogP) is 1.55. The van der Waals surface area contributed by atoms with Crippen molar-refractivity contribution in [2.24, 2.45) is 5.92 Å². The van der Waals surface area contributed by atoms with Crippen LogP contribution in [0.15, 0.2) is 30.3 Å². The molecular formula is C18H26N2O5S. The average molecular weight is 382 g/mol. The van der Waals surface area contributed by atoms with Crippen LogP contribution in [0.25, 0.3) is 0 Å². The van der Waals surface area contributed by atoms with Crippen molar-refractivity contribution in [3.63, 3.8) is 0 Å². The molecular weight excluding hydrogens is 356 g/mol. The number of sulfonamides is 1. The van der Waals surface area contributed by atoms with Gasteiger partial charge in [0.15, 0.2) is 0 Å². The van der Waals surface area contributed by atoms with Gasteiger partial charge in [0.05, 0.1) is 5.75 Å². The summed E-state index contributed by atoms with van der Waals surface area (Å²) >= 11 is 0. The van der Waals surface area contributed by atoms with Gasteiger partial charge in [0.25, 0.3) is 0 Å². The molecule has 0 saturated carbocycles. The second-order valence-electron chi connectivity index (χ2n) is 6.54. The molecule has 0 radical (unpaired) electrons. The summed E-state index contributed by atoms with van der Waals surface area (Å²) in [7, 11) is -3.25. The number of rotatable bonds is 7. The van der Waals surface area contributed by atoms with Crippen LogP contribution in [0.1, 0.15) is 32.3 Å². The molecule has 1 N–H and O–H groups in total. The number of carbonyl (C=O) groups excluding carboxylic acids is 1. The summed E-state index contributed by atoms with van der Waals surface area (Å²) in [6.07, 6.45) is 0.825. The van der Waals surface area contributed by atoms with Crippen LogP contribution < -0.4 is 0 Å². The normalized spacial score (nSPS) is 17.6. The summed E-state index contributed by atoms with van der Waals surface area (Å²) in [6, 6.07) is 8.31. The van der Waals surface area contributed by atoms with E-state index in [0.717, 1.165) is 5.56 Å². The Morgan fingerprint density at radius 3 is 2.31 bits per heavy atom. The van der Waals surface area contributed by atoms with E-state index in [1.54, 1.807) is 6.92 Å². The van der Waals surface area contributed by atoms with Crippen molar-refractivity contribution in [1.82, 2.24) is 9.21 Å². The summed E-state index contributed by atoms with van der Waals surface area (Å²) in [5.41, 5.74) is 0.861. The van der Waals surface area contributed by atoms with Crippen molar-refractivity contribution in [2.45, 2.75) is 39.3 Å². The maximum Gasteiger partial charge on any atom is 0.326 e. The summed E-state index contributed by atoms with van der Waals surface area (Å²) in [6.45, 7) is 3.92. The van der Waals surface area contributed by atoms with Gasteiger partial charge in [0, 0.05) is 25.6 Å². The lowest BCUT2D eigenvalue weighted by Gasteiger charge is -2.35. The number of carbonyl (C=O) groups is 2. The zero-order valence-electron chi connectivity index (χ0n) is 15.2. The Bertz CT molecular complexity index is 727. The second-order valence-corrected chi connectivity index (χ2v) is 8.80. The highest BCUT2D eigenvalue weighted by Gasteiger charge is 2.35. The molecule has 1 heterocycles. The van der Waals surface area contributed by atoms with Gasteiger partial charge in [-0.05, 0) is 32.3 Å². The van der Waals surface area contributed by atoms with Gasteiger partial charge in [-0.25, -0.2) is 17.5 Å². The van der Waals surface area contributed by atoms with Gasteiger partial charge < -0.3 is 10.0 Å². The van der Waals surface area contributed by atoms with Gasteiger partial charge in [0.1, 0.15) is 6.04 Å². The van der Waals surface area contributed by atoms with Gasteiger partial charge in [-0.15, -0.1) is 0 Å². The van der Waals surface area contributed by atoms with E-state index in [9.17, 15) is 23.1 Å². The molecule has 0 aromatic heterocycles. The van der Waals surface area contributed by atoms with Crippen LogP contribution in [0.2, 0.25) is 0 Å². The summed E-state index contributed by atoms with van der Waals surface area (Å²) in [4.78, 5) is 25.8. The topological polar surface area (TPSA) is 95.0 Å². The monoisotopic (exact) mass is 382 g/mol.